The van der Waals surface area contributed by atoms with Gasteiger partial charge in [-0.15, -0.1) is 0 Å². The molecule has 0 amide bonds. The largest absolute Gasteiger partial charge is 0.481 e. The van der Waals surface area contributed by atoms with Crippen LogP contribution >= 0.6 is 0 Å². The standard InChI is InChI=1S/C10H8FNO4/c11-8-4-7(2-1-3-10(13)14)5-9(6-8)12(15)16/h1-2,4-6H,3H2,(H,13,14). The Morgan fingerprint density at radius 3 is 2.75 bits per heavy atom. The summed E-state index contributed by atoms with van der Waals surface area (Å²) in [4.78, 5) is 19.9. The minimum absolute atomic E-state index is 0.218. The van der Waals surface area contributed by atoms with E-state index in [4.69, 9.17) is 5.11 Å². The van der Waals surface area contributed by atoms with Crippen LogP contribution < -0.4 is 0 Å². The number of non-ortho nitro benzene ring substituents is 1. The second-order valence-electron chi connectivity index (χ2n) is 3.00. The third kappa shape index (κ3) is 3.49. The van der Waals surface area contributed by atoms with Crippen molar-refractivity contribution in [2.24, 2.45) is 0 Å². The smallest absolute Gasteiger partial charge is 0.307 e. The molecule has 0 radical (unpaired) electrons. The number of hydrogen-bond donors (Lipinski definition) is 1. The molecule has 1 N–H and O–H groups in total. The van der Waals surface area contributed by atoms with Gasteiger partial charge >= 0.3 is 5.97 Å². The highest BCUT2D eigenvalue weighted by atomic mass is 19.1. The van der Waals surface area contributed by atoms with Gasteiger partial charge in [0.2, 0.25) is 0 Å². The first-order valence-electron chi connectivity index (χ1n) is 4.32. The lowest BCUT2D eigenvalue weighted by Gasteiger charge is -1.95. The average Bonchev–Trinajstić information content (AvgIpc) is 2.16. The van der Waals surface area contributed by atoms with Gasteiger partial charge < -0.3 is 5.11 Å². The van der Waals surface area contributed by atoms with E-state index in [0.717, 1.165) is 12.1 Å². The average molecular weight is 225 g/mol. The zero-order valence-corrected chi connectivity index (χ0v) is 8.09. The molecule has 0 fully saturated rings. The molecule has 0 aliphatic rings. The molecule has 0 saturated carbocycles. The van der Waals surface area contributed by atoms with Crippen LogP contribution in [0.5, 0.6) is 0 Å². The van der Waals surface area contributed by atoms with Crippen molar-refractivity contribution in [2.45, 2.75) is 6.42 Å². The molecule has 0 bridgehead atoms. The monoisotopic (exact) mass is 225 g/mol. The Morgan fingerprint density at radius 2 is 2.19 bits per heavy atom. The third-order valence-corrected chi connectivity index (χ3v) is 1.72. The summed E-state index contributed by atoms with van der Waals surface area (Å²) in [7, 11) is 0. The summed E-state index contributed by atoms with van der Waals surface area (Å²) in [5.74, 6) is -1.76. The molecular weight excluding hydrogens is 217 g/mol. The number of rotatable bonds is 4. The number of hydrogen-bond acceptors (Lipinski definition) is 3. The number of benzene rings is 1. The van der Waals surface area contributed by atoms with Crippen LogP contribution in [0.4, 0.5) is 10.1 Å². The Balaban J connectivity index is 2.92. The van der Waals surface area contributed by atoms with Gasteiger partial charge in [-0.2, -0.15) is 0 Å². The molecule has 0 heterocycles. The lowest BCUT2D eigenvalue weighted by molar-refractivity contribution is -0.385. The van der Waals surface area contributed by atoms with E-state index in [1.165, 1.54) is 18.2 Å². The molecule has 0 aliphatic heterocycles. The van der Waals surface area contributed by atoms with Gasteiger partial charge in [0, 0.05) is 6.07 Å². The van der Waals surface area contributed by atoms with Crippen LogP contribution in [0, 0.1) is 15.9 Å². The van der Waals surface area contributed by atoms with Crippen molar-refractivity contribution in [3.8, 4) is 0 Å². The summed E-state index contributed by atoms with van der Waals surface area (Å²) in [5.41, 5.74) is -0.108. The summed E-state index contributed by atoms with van der Waals surface area (Å²) in [6.45, 7) is 0. The second-order valence-corrected chi connectivity index (χ2v) is 3.00. The van der Waals surface area contributed by atoms with Gasteiger partial charge in [0.1, 0.15) is 5.82 Å². The van der Waals surface area contributed by atoms with Gasteiger partial charge in [-0.25, -0.2) is 4.39 Å². The minimum atomic E-state index is -1.03. The first kappa shape index (κ1) is 11.8. The highest BCUT2D eigenvalue weighted by molar-refractivity contribution is 5.70. The first-order valence-corrected chi connectivity index (χ1v) is 4.32. The molecule has 84 valence electrons. The summed E-state index contributed by atoms with van der Waals surface area (Å²) >= 11 is 0. The maximum absolute atomic E-state index is 12.9. The SMILES string of the molecule is O=C(O)CC=Cc1cc(F)cc([N+](=O)[O-])c1. The fraction of sp³-hybridized carbons (Fsp3) is 0.100. The Morgan fingerprint density at radius 1 is 1.50 bits per heavy atom. The van der Waals surface area contributed by atoms with Crippen LogP contribution in [0.3, 0.4) is 0 Å². The zero-order valence-electron chi connectivity index (χ0n) is 8.09. The molecule has 1 aromatic carbocycles. The Labute approximate surface area is 90.0 Å². The Kier molecular flexibility index (Phi) is 3.71. The van der Waals surface area contributed by atoms with Crippen molar-refractivity contribution >= 4 is 17.7 Å². The molecule has 5 nitrogen and oxygen atoms in total. The van der Waals surface area contributed by atoms with Crippen molar-refractivity contribution in [1.29, 1.82) is 0 Å². The van der Waals surface area contributed by atoms with Crippen molar-refractivity contribution in [2.75, 3.05) is 0 Å². The van der Waals surface area contributed by atoms with Crippen LogP contribution in [0.1, 0.15) is 12.0 Å². The zero-order chi connectivity index (χ0) is 12.1. The fourth-order valence-electron chi connectivity index (χ4n) is 1.09. The predicted octanol–water partition coefficient (Wildman–Crippen LogP) is 2.22. The molecular formula is C10H8FNO4. The number of halogens is 1. The minimum Gasteiger partial charge on any atom is -0.481 e. The normalized spacial score (nSPS) is 10.6. The fourth-order valence-corrected chi connectivity index (χ4v) is 1.09. The number of nitro benzene ring substituents is 1. The van der Waals surface area contributed by atoms with E-state index in [1.54, 1.807) is 0 Å². The van der Waals surface area contributed by atoms with Gasteiger partial charge in [0.15, 0.2) is 0 Å². The molecule has 0 spiro atoms. The van der Waals surface area contributed by atoms with E-state index in [2.05, 4.69) is 0 Å². The van der Waals surface area contributed by atoms with Gasteiger partial charge in [-0.05, 0) is 11.6 Å². The Hall–Kier alpha value is -2.24. The van der Waals surface area contributed by atoms with Crippen LogP contribution in [0.25, 0.3) is 6.08 Å². The first-order chi connectivity index (χ1) is 7.49. The van der Waals surface area contributed by atoms with Crippen LogP contribution in [-0.2, 0) is 4.79 Å². The summed E-state index contributed by atoms with van der Waals surface area (Å²) < 4.78 is 12.9. The van der Waals surface area contributed by atoms with Crippen molar-refractivity contribution in [3.63, 3.8) is 0 Å². The maximum Gasteiger partial charge on any atom is 0.307 e. The van der Waals surface area contributed by atoms with Crippen molar-refractivity contribution in [1.82, 2.24) is 0 Å². The predicted molar refractivity (Wildman–Crippen MR) is 54.3 cm³/mol. The topological polar surface area (TPSA) is 80.4 Å². The van der Waals surface area contributed by atoms with E-state index in [9.17, 15) is 19.3 Å². The molecule has 6 heteroatoms. The van der Waals surface area contributed by atoms with Gasteiger partial charge in [-0.3, -0.25) is 14.9 Å². The van der Waals surface area contributed by atoms with Crippen molar-refractivity contribution in [3.05, 3.63) is 45.8 Å². The number of nitro groups is 1. The molecule has 0 unspecified atom stereocenters. The molecule has 0 atom stereocenters. The number of carboxylic acid groups (broad SMARTS) is 1. The molecule has 0 aromatic heterocycles. The van der Waals surface area contributed by atoms with Gasteiger partial charge in [0.05, 0.1) is 17.4 Å². The Bertz CT molecular complexity index is 456. The third-order valence-electron chi connectivity index (χ3n) is 1.72. The van der Waals surface area contributed by atoms with Crippen molar-refractivity contribution < 1.29 is 19.2 Å². The lowest BCUT2D eigenvalue weighted by Crippen LogP contribution is -1.91. The number of carboxylic acids is 1. The summed E-state index contributed by atoms with van der Waals surface area (Å²) in [6.07, 6.45) is 2.40. The van der Waals surface area contributed by atoms with Crippen LogP contribution in [0.2, 0.25) is 0 Å². The maximum atomic E-state index is 12.9. The van der Waals surface area contributed by atoms with Crippen LogP contribution in [0.15, 0.2) is 24.3 Å². The lowest BCUT2D eigenvalue weighted by atomic mass is 10.1. The van der Waals surface area contributed by atoms with E-state index >= 15 is 0 Å². The van der Waals surface area contributed by atoms with E-state index in [1.807, 2.05) is 0 Å². The molecule has 1 rings (SSSR count). The highest BCUT2D eigenvalue weighted by Crippen LogP contribution is 2.17. The van der Waals surface area contributed by atoms with Gasteiger partial charge in [0.25, 0.3) is 5.69 Å². The van der Waals surface area contributed by atoms with E-state index in [0.29, 0.717) is 0 Å². The second kappa shape index (κ2) is 5.01. The number of carbonyl (C=O) groups is 1. The number of aliphatic carboxylic acids is 1. The van der Waals surface area contributed by atoms with Gasteiger partial charge in [-0.1, -0.05) is 12.2 Å². The molecule has 1 aromatic rings. The molecule has 0 saturated heterocycles. The highest BCUT2D eigenvalue weighted by Gasteiger charge is 2.08. The van der Waals surface area contributed by atoms with E-state index < -0.39 is 16.7 Å². The molecule has 16 heavy (non-hydrogen) atoms. The van der Waals surface area contributed by atoms with Crippen LogP contribution in [-0.4, -0.2) is 16.0 Å². The summed E-state index contributed by atoms with van der Waals surface area (Å²) in [5, 5.41) is 18.8. The molecule has 0 aliphatic carbocycles. The number of nitrogens with zero attached hydrogens (tertiary/aromatic N) is 1. The quantitative estimate of drug-likeness (QED) is 0.629. The van der Waals surface area contributed by atoms with E-state index in [-0.39, 0.29) is 17.7 Å². The summed E-state index contributed by atoms with van der Waals surface area (Å²) in [6, 6.07) is 3.06.